The number of imidazole rings is 1. The Labute approximate surface area is 117 Å². The maximum atomic E-state index is 11.8. The van der Waals surface area contributed by atoms with E-state index in [1.54, 1.807) is 29.0 Å². The largest absolute Gasteiger partial charge is 0.508 e. The molecule has 106 valence electrons. The van der Waals surface area contributed by atoms with Crippen LogP contribution < -0.4 is 0 Å². The Hall–Kier alpha value is -2.30. The highest BCUT2D eigenvalue weighted by atomic mass is 16.5. The van der Waals surface area contributed by atoms with E-state index < -0.39 is 0 Å². The smallest absolute Gasteiger partial charge is 0.326 e. The number of benzene rings is 1. The average Bonchev–Trinajstić information content (AvgIpc) is 2.69. The molecular weight excluding hydrogens is 256 g/mol. The van der Waals surface area contributed by atoms with Crippen LogP contribution in [-0.4, -0.2) is 26.7 Å². The van der Waals surface area contributed by atoms with E-state index in [-0.39, 0.29) is 24.4 Å². The fourth-order valence-corrected chi connectivity index (χ4v) is 1.98. The maximum Gasteiger partial charge on any atom is 0.326 e. The second kappa shape index (κ2) is 5.77. The van der Waals surface area contributed by atoms with Crippen LogP contribution in [0.4, 0.5) is 0 Å². The number of ether oxygens (including phenoxy) is 1. The summed E-state index contributed by atoms with van der Waals surface area (Å²) in [6.07, 6.45) is 1.65. The molecule has 0 radical (unpaired) electrons. The Morgan fingerprint density at radius 2 is 2.20 bits per heavy atom. The molecule has 20 heavy (non-hydrogen) atoms. The second-order valence-electron chi connectivity index (χ2n) is 4.92. The molecule has 1 heterocycles. The number of esters is 1. The number of nitrogens with zero attached hydrogens (tertiary/aromatic N) is 2. The number of carbonyl (C=O) groups is 1. The van der Waals surface area contributed by atoms with Crippen molar-refractivity contribution in [1.29, 1.82) is 0 Å². The molecule has 0 aliphatic carbocycles. The average molecular weight is 274 g/mol. The van der Waals surface area contributed by atoms with Crippen LogP contribution in [-0.2, 0) is 16.1 Å². The Kier molecular flexibility index (Phi) is 4.08. The van der Waals surface area contributed by atoms with E-state index in [1.165, 1.54) is 0 Å². The first-order valence-corrected chi connectivity index (χ1v) is 6.48. The summed E-state index contributed by atoms with van der Waals surface area (Å²) in [6.45, 7) is 5.58. The van der Waals surface area contributed by atoms with Gasteiger partial charge in [-0.1, -0.05) is 12.1 Å². The van der Waals surface area contributed by atoms with Crippen molar-refractivity contribution in [3.8, 4) is 17.1 Å². The first kappa shape index (κ1) is 14.1. The number of hydrogen-bond acceptors (Lipinski definition) is 4. The Bertz CT molecular complexity index is 617. The molecule has 0 fully saturated rings. The molecule has 0 bridgehead atoms. The van der Waals surface area contributed by atoms with Crippen LogP contribution in [0.25, 0.3) is 11.4 Å². The molecule has 5 heteroatoms. The normalized spacial score (nSPS) is 10.8. The van der Waals surface area contributed by atoms with Crippen molar-refractivity contribution in [1.82, 2.24) is 9.55 Å². The molecule has 5 nitrogen and oxygen atoms in total. The Morgan fingerprint density at radius 1 is 1.45 bits per heavy atom. The van der Waals surface area contributed by atoms with Gasteiger partial charge in [0.05, 0.1) is 11.8 Å². The van der Waals surface area contributed by atoms with Gasteiger partial charge in [-0.2, -0.15) is 0 Å². The summed E-state index contributed by atoms with van der Waals surface area (Å²) in [4.78, 5) is 16.2. The lowest BCUT2D eigenvalue weighted by atomic mass is 10.2. The summed E-state index contributed by atoms with van der Waals surface area (Å²) >= 11 is 0. The fraction of sp³-hybridized carbons (Fsp3) is 0.333. The predicted molar refractivity (Wildman–Crippen MR) is 75.3 cm³/mol. The van der Waals surface area contributed by atoms with Crippen molar-refractivity contribution in [2.24, 2.45) is 0 Å². The van der Waals surface area contributed by atoms with Gasteiger partial charge in [0.15, 0.2) is 0 Å². The molecule has 0 aliphatic heterocycles. The maximum absolute atomic E-state index is 11.8. The minimum absolute atomic E-state index is 0.101. The number of phenols is 1. The van der Waals surface area contributed by atoms with Gasteiger partial charge in [0.2, 0.25) is 0 Å². The third-order valence-corrected chi connectivity index (χ3v) is 2.67. The van der Waals surface area contributed by atoms with E-state index in [1.807, 2.05) is 26.8 Å². The van der Waals surface area contributed by atoms with E-state index in [2.05, 4.69) is 4.98 Å². The molecule has 1 aromatic carbocycles. The van der Waals surface area contributed by atoms with Gasteiger partial charge >= 0.3 is 5.97 Å². The van der Waals surface area contributed by atoms with Gasteiger partial charge in [-0.3, -0.25) is 4.79 Å². The quantitative estimate of drug-likeness (QED) is 0.870. The van der Waals surface area contributed by atoms with Gasteiger partial charge in [-0.25, -0.2) is 4.98 Å². The van der Waals surface area contributed by atoms with Crippen molar-refractivity contribution in [2.75, 3.05) is 0 Å². The minimum Gasteiger partial charge on any atom is -0.508 e. The molecule has 0 saturated heterocycles. The molecule has 0 amide bonds. The topological polar surface area (TPSA) is 64.3 Å². The minimum atomic E-state index is -0.307. The zero-order valence-electron chi connectivity index (χ0n) is 11.8. The first-order valence-electron chi connectivity index (χ1n) is 6.48. The second-order valence-corrected chi connectivity index (χ2v) is 4.92. The van der Waals surface area contributed by atoms with E-state index >= 15 is 0 Å². The summed E-state index contributed by atoms with van der Waals surface area (Å²) in [5.74, 6) is 0.498. The molecule has 1 N–H and O–H groups in total. The fourth-order valence-electron chi connectivity index (χ4n) is 1.98. The predicted octanol–water partition coefficient (Wildman–Crippen LogP) is 2.52. The number of rotatable bonds is 4. The third kappa shape index (κ3) is 3.38. The summed E-state index contributed by atoms with van der Waals surface area (Å²) in [7, 11) is 0. The van der Waals surface area contributed by atoms with Crippen molar-refractivity contribution >= 4 is 5.97 Å². The summed E-state index contributed by atoms with van der Waals surface area (Å²) in [5.41, 5.74) is 1.57. The van der Waals surface area contributed by atoms with Gasteiger partial charge in [-0.15, -0.1) is 0 Å². The van der Waals surface area contributed by atoms with E-state index in [4.69, 9.17) is 4.74 Å². The number of aromatic hydroxyl groups is 1. The lowest BCUT2D eigenvalue weighted by Crippen LogP contribution is -2.17. The monoisotopic (exact) mass is 274 g/mol. The van der Waals surface area contributed by atoms with Crippen molar-refractivity contribution < 1.29 is 14.6 Å². The van der Waals surface area contributed by atoms with Crippen molar-refractivity contribution in [3.05, 3.63) is 36.2 Å². The number of aromatic nitrogens is 2. The van der Waals surface area contributed by atoms with Crippen molar-refractivity contribution in [2.45, 2.75) is 33.4 Å². The molecule has 1 aromatic heterocycles. The number of carbonyl (C=O) groups excluding carboxylic acids is 1. The highest BCUT2D eigenvalue weighted by Gasteiger charge is 2.13. The molecule has 0 unspecified atom stereocenters. The first-order chi connectivity index (χ1) is 9.45. The van der Waals surface area contributed by atoms with E-state index in [0.29, 0.717) is 5.82 Å². The number of phenolic OH excluding ortho intramolecular Hbond substituents is 1. The molecule has 2 rings (SSSR count). The van der Waals surface area contributed by atoms with Crippen LogP contribution in [0.5, 0.6) is 5.75 Å². The van der Waals surface area contributed by atoms with E-state index in [0.717, 1.165) is 11.3 Å². The van der Waals surface area contributed by atoms with Crippen LogP contribution in [0, 0.1) is 6.92 Å². The highest BCUT2D eigenvalue weighted by Crippen LogP contribution is 2.22. The number of hydrogen-bond donors (Lipinski definition) is 1. The summed E-state index contributed by atoms with van der Waals surface area (Å²) < 4.78 is 6.87. The standard InChI is InChI=1S/C15H18N2O3/c1-10(2)20-14(19)9-17-8-11(3)16-15(17)12-5-4-6-13(18)7-12/h4-8,10,18H,9H2,1-3H3. The summed E-state index contributed by atoms with van der Waals surface area (Å²) in [5, 5.41) is 9.54. The van der Waals surface area contributed by atoms with Gasteiger partial charge in [0.25, 0.3) is 0 Å². The van der Waals surface area contributed by atoms with Crippen LogP contribution in [0.3, 0.4) is 0 Å². The Balaban J connectivity index is 2.29. The Morgan fingerprint density at radius 3 is 2.85 bits per heavy atom. The van der Waals surface area contributed by atoms with Gasteiger partial charge in [0.1, 0.15) is 18.1 Å². The lowest BCUT2D eigenvalue weighted by molar-refractivity contribution is -0.148. The lowest BCUT2D eigenvalue weighted by Gasteiger charge is -2.10. The molecule has 0 atom stereocenters. The summed E-state index contributed by atoms with van der Waals surface area (Å²) in [6, 6.07) is 6.79. The zero-order valence-corrected chi connectivity index (χ0v) is 11.8. The number of aryl methyl sites for hydroxylation is 1. The van der Waals surface area contributed by atoms with E-state index in [9.17, 15) is 9.90 Å². The SMILES string of the molecule is Cc1cn(CC(=O)OC(C)C)c(-c2cccc(O)c2)n1. The van der Waals surface area contributed by atoms with Crippen LogP contribution in [0.15, 0.2) is 30.5 Å². The van der Waals surface area contributed by atoms with Gasteiger partial charge in [-0.05, 0) is 32.9 Å². The highest BCUT2D eigenvalue weighted by molar-refractivity contribution is 5.71. The molecular formula is C15H18N2O3. The van der Waals surface area contributed by atoms with Gasteiger partial charge < -0.3 is 14.4 Å². The molecule has 0 spiro atoms. The zero-order chi connectivity index (χ0) is 14.7. The molecule has 2 aromatic rings. The van der Waals surface area contributed by atoms with Gasteiger partial charge in [0, 0.05) is 11.8 Å². The van der Waals surface area contributed by atoms with Crippen LogP contribution in [0.2, 0.25) is 0 Å². The van der Waals surface area contributed by atoms with Crippen LogP contribution in [0.1, 0.15) is 19.5 Å². The molecule has 0 saturated carbocycles. The van der Waals surface area contributed by atoms with Crippen LogP contribution >= 0.6 is 0 Å². The molecule has 0 aliphatic rings. The third-order valence-electron chi connectivity index (χ3n) is 2.67. The van der Waals surface area contributed by atoms with Crippen molar-refractivity contribution in [3.63, 3.8) is 0 Å².